The first-order chi connectivity index (χ1) is 18.1. The summed E-state index contributed by atoms with van der Waals surface area (Å²) in [6, 6.07) is 20.6. The first kappa shape index (κ1) is 32.2. The average Bonchev–Trinajstić information content (AvgIpc) is 3.21. The molecule has 1 N–H and O–H groups in total. The number of benzene rings is 3. The molecular formula is C25H16ClN4Na2O7P. The van der Waals surface area contributed by atoms with E-state index in [-0.39, 0.29) is 76.0 Å². The molecule has 0 unspecified atom stereocenters. The minimum atomic E-state index is -5.61. The fourth-order valence-electron chi connectivity index (χ4n) is 4.15. The molecule has 0 radical (unpaired) electrons. The number of rotatable bonds is 7. The van der Waals surface area contributed by atoms with Gasteiger partial charge in [-0.3, -0.25) is 14.9 Å². The molecule has 0 bridgehead atoms. The van der Waals surface area contributed by atoms with Gasteiger partial charge in [0.25, 0.3) is 11.2 Å². The summed E-state index contributed by atoms with van der Waals surface area (Å²) in [6.45, 7) is 0. The van der Waals surface area contributed by atoms with E-state index >= 15 is 0 Å². The number of H-pyrrole nitrogens is 1. The zero-order valence-corrected chi connectivity index (χ0v) is 26.9. The maximum Gasteiger partial charge on any atom is 1.00 e. The second kappa shape index (κ2) is 13.1. The smallest absolute Gasteiger partial charge is 0.780 e. The Labute approximate surface area is 276 Å². The number of nitro benzene ring substituents is 1. The Balaban J connectivity index is 0.00000220. The van der Waals surface area contributed by atoms with E-state index in [1.165, 1.54) is 10.6 Å². The number of phosphoric ester groups is 1. The van der Waals surface area contributed by atoms with E-state index in [2.05, 4.69) is 9.51 Å². The van der Waals surface area contributed by atoms with Gasteiger partial charge in [-0.1, -0.05) is 54.1 Å². The van der Waals surface area contributed by atoms with Crippen LogP contribution in [0, 0.1) is 10.1 Å². The van der Waals surface area contributed by atoms with E-state index in [1.54, 1.807) is 24.3 Å². The van der Waals surface area contributed by atoms with Crippen LogP contribution in [-0.4, -0.2) is 19.5 Å². The number of nitro groups is 1. The first-order valence-electron chi connectivity index (χ1n) is 11.0. The van der Waals surface area contributed by atoms with Crippen molar-refractivity contribution in [3.8, 4) is 28.1 Å². The van der Waals surface area contributed by atoms with Crippen LogP contribution in [0.25, 0.3) is 28.0 Å². The number of non-ortho nitro benzene ring substituents is 1. The summed E-state index contributed by atoms with van der Waals surface area (Å²) in [5, 5.41) is 16.5. The third kappa shape index (κ3) is 7.13. The number of nitrogens with one attached hydrogen (secondary N) is 1. The number of aromatic nitrogens is 3. The Morgan fingerprint density at radius 2 is 1.68 bits per heavy atom. The number of nitrogens with zero attached hydrogens (tertiary/aromatic N) is 3. The van der Waals surface area contributed by atoms with Gasteiger partial charge in [0.05, 0.1) is 22.4 Å². The van der Waals surface area contributed by atoms with Crippen molar-refractivity contribution < 1.29 is 82.9 Å². The van der Waals surface area contributed by atoms with Crippen molar-refractivity contribution in [1.29, 1.82) is 0 Å². The molecule has 0 aliphatic rings. The fourth-order valence-corrected chi connectivity index (χ4v) is 4.67. The Hall–Kier alpha value is -2.28. The molecule has 15 heteroatoms. The van der Waals surface area contributed by atoms with Crippen LogP contribution in [0.1, 0.15) is 11.3 Å². The molecule has 0 spiro atoms. The van der Waals surface area contributed by atoms with Crippen molar-refractivity contribution in [2.24, 2.45) is 0 Å². The number of fused-ring (bicyclic) bond motifs is 1. The normalized spacial score (nSPS) is 11.0. The first-order valence-corrected chi connectivity index (χ1v) is 12.9. The molecule has 0 atom stereocenters. The predicted octanol–water partition coefficient (Wildman–Crippen LogP) is -2.28. The maximum absolute atomic E-state index is 12.8. The summed E-state index contributed by atoms with van der Waals surface area (Å²) >= 11 is 6.08. The molecule has 192 valence electrons. The minimum absolute atomic E-state index is 0. The Bertz CT molecular complexity index is 1790. The monoisotopic (exact) mass is 596 g/mol. The molecule has 5 rings (SSSR count). The molecule has 3 aromatic carbocycles. The Morgan fingerprint density at radius 3 is 2.30 bits per heavy atom. The molecule has 0 saturated heterocycles. The molecule has 2 heterocycles. The molecule has 40 heavy (non-hydrogen) atoms. The van der Waals surface area contributed by atoms with Crippen molar-refractivity contribution in [2.45, 2.75) is 6.42 Å². The van der Waals surface area contributed by atoms with Gasteiger partial charge in [0, 0.05) is 34.7 Å². The van der Waals surface area contributed by atoms with E-state index < -0.39 is 29.7 Å². The molecule has 0 fully saturated rings. The number of phosphoric acid groups is 1. The summed E-state index contributed by atoms with van der Waals surface area (Å²) in [4.78, 5) is 49.0. The van der Waals surface area contributed by atoms with Gasteiger partial charge in [0.15, 0.2) is 0 Å². The van der Waals surface area contributed by atoms with Gasteiger partial charge >= 0.3 is 59.1 Å². The Kier molecular flexibility index (Phi) is 10.6. The van der Waals surface area contributed by atoms with Gasteiger partial charge in [-0.05, 0) is 29.3 Å². The number of aromatic amines is 1. The zero-order valence-electron chi connectivity index (χ0n) is 21.2. The van der Waals surface area contributed by atoms with E-state index in [1.807, 2.05) is 30.3 Å². The molecule has 0 aliphatic carbocycles. The van der Waals surface area contributed by atoms with Crippen LogP contribution in [-0.2, 0) is 11.0 Å². The number of hydrogen-bond donors (Lipinski definition) is 1. The van der Waals surface area contributed by atoms with E-state index in [9.17, 15) is 29.3 Å². The van der Waals surface area contributed by atoms with Crippen LogP contribution >= 0.6 is 19.4 Å². The van der Waals surface area contributed by atoms with E-state index in [0.29, 0.717) is 28.3 Å². The maximum atomic E-state index is 12.8. The van der Waals surface area contributed by atoms with Crippen LogP contribution in [0.3, 0.4) is 0 Å². The predicted molar refractivity (Wildman–Crippen MR) is 136 cm³/mol. The van der Waals surface area contributed by atoms with Gasteiger partial charge in [0.2, 0.25) is 0 Å². The summed E-state index contributed by atoms with van der Waals surface area (Å²) in [7, 11) is -5.61. The van der Waals surface area contributed by atoms with Crippen LogP contribution in [0.2, 0.25) is 5.02 Å². The fraction of sp³-hybridized carbons (Fsp3) is 0.0400. The summed E-state index contributed by atoms with van der Waals surface area (Å²) in [5.41, 5.74) is 2.00. The zero-order chi connectivity index (χ0) is 27.0. The third-order valence-corrected chi connectivity index (χ3v) is 6.38. The van der Waals surface area contributed by atoms with Crippen LogP contribution in [0.4, 0.5) is 5.69 Å². The molecule has 0 amide bonds. The van der Waals surface area contributed by atoms with E-state index in [0.717, 1.165) is 23.8 Å². The van der Waals surface area contributed by atoms with Crippen molar-refractivity contribution in [2.75, 3.05) is 0 Å². The largest absolute Gasteiger partial charge is 1.00 e. The van der Waals surface area contributed by atoms with Crippen molar-refractivity contribution in [3.05, 3.63) is 116 Å². The molecule has 2 aromatic heterocycles. The number of halogens is 1. The summed E-state index contributed by atoms with van der Waals surface area (Å²) in [5.74, 6) is -0.604. The average molecular weight is 597 g/mol. The van der Waals surface area contributed by atoms with Crippen molar-refractivity contribution in [1.82, 2.24) is 14.6 Å². The SMILES string of the molecule is O=c1cc(-c2ccc([N+](=O)[O-])cc2OP(=O)([O-])[O-])n2nc(Cc3ccccc3)c(-c3ccc(Cl)cc3)c2[nH]1.[Na+].[Na+]. The van der Waals surface area contributed by atoms with Crippen LogP contribution in [0.5, 0.6) is 5.75 Å². The molecular weight excluding hydrogens is 581 g/mol. The van der Waals surface area contributed by atoms with Crippen LogP contribution < -0.4 is 79.0 Å². The second-order valence-electron chi connectivity index (χ2n) is 8.25. The standard InChI is InChI=1S/C25H18ClN4O7P.2Na/c26-17-8-6-16(7-9-17)24-20(12-15-4-2-1-3-5-15)28-29-21(14-23(31)27-25(24)29)19-11-10-18(30(32)33)13-22(19)37-38(34,35)36;;/h1-11,13-14H,12H2,(H,27,31)(H2,34,35,36);;/q;2*+1/p-2. The van der Waals surface area contributed by atoms with Gasteiger partial charge in [-0.2, -0.15) is 5.10 Å². The van der Waals surface area contributed by atoms with Gasteiger partial charge < -0.3 is 23.9 Å². The van der Waals surface area contributed by atoms with Gasteiger partial charge in [-0.25, -0.2) is 4.52 Å². The van der Waals surface area contributed by atoms with Gasteiger partial charge in [-0.15, -0.1) is 0 Å². The van der Waals surface area contributed by atoms with Crippen molar-refractivity contribution in [3.63, 3.8) is 0 Å². The second-order valence-corrected chi connectivity index (χ2v) is 9.76. The molecule has 0 saturated carbocycles. The molecule has 5 aromatic rings. The summed E-state index contributed by atoms with van der Waals surface area (Å²) < 4.78 is 17.4. The molecule has 0 aliphatic heterocycles. The quantitative estimate of drug-likeness (QED) is 0.0950. The number of hydrogen-bond acceptors (Lipinski definition) is 8. The van der Waals surface area contributed by atoms with Crippen molar-refractivity contribution >= 4 is 30.8 Å². The summed E-state index contributed by atoms with van der Waals surface area (Å²) in [6.07, 6.45) is 0.377. The van der Waals surface area contributed by atoms with Crippen LogP contribution in [0.15, 0.2) is 83.7 Å². The van der Waals surface area contributed by atoms with Gasteiger partial charge in [0.1, 0.15) is 19.2 Å². The molecule has 11 nitrogen and oxygen atoms in total. The third-order valence-electron chi connectivity index (χ3n) is 5.70. The minimum Gasteiger partial charge on any atom is -0.780 e. The van der Waals surface area contributed by atoms with E-state index in [4.69, 9.17) is 16.7 Å². The topological polar surface area (TPSA) is 166 Å². The Morgan fingerprint density at radius 1 is 1.00 bits per heavy atom.